The Morgan fingerprint density at radius 2 is 1.88 bits per heavy atom. The maximum atomic E-state index is 13.5. The number of nitrogens with one attached hydrogen (secondary N) is 2. The van der Waals surface area contributed by atoms with E-state index < -0.39 is 11.7 Å². The fourth-order valence-corrected chi connectivity index (χ4v) is 4.37. The van der Waals surface area contributed by atoms with Gasteiger partial charge in [0.2, 0.25) is 0 Å². The largest absolute Gasteiger partial charge is 0.358 e. The highest BCUT2D eigenvalue weighted by atomic mass is 19.1. The molecule has 0 aliphatic heterocycles. The second kappa shape index (κ2) is 8.82. The number of nitrogens with zero attached hydrogens (tertiary/aromatic N) is 1. The number of hydrogen-bond acceptors (Lipinski definition) is 3. The Morgan fingerprint density at radius 1 is 1.03 bits per heavy atom. The normalized spacial score (nSPS) is 12.9. The Hall–Kier alpha value is -4.06. The number of fused-ring (bicyclic) bond motifs is 1. The Labute approximate surface area is 190 Å². The lowest BCUT2D eigenvalue weighted by Crippen LogP contribution is -2.13. The molecule has 0 unspecified atom stereocenters. The van der Waals surface area contributed by atoms with E-state index in [1.165, 1.54) is 18.2 Å². The standard InChI is InChI=1S/C27H22FN3O2/c28-20-9-4-8-19(15-20)27(33)31-24-16-18(12-13-29-24)26-21(14-17-6-2-1-3-7-17)25-22(30-26)10-5-11-23(25)32/h1-4,6-9,12-13,15-16,30H,5,10-11,14H2,(H,29,31,33). The average molecular weight is 439 g/mol. The number of Topliss-reactive ketones (excluding diaryl/α,β-unsaturated/α-hetero) is 1. The summed E-state index contributed by atoms with van der Waals surface area (Å²) in [5.41, 5.74) is 5.75. The molecule has 0 saturated carbocycles. The van der Waals surface area contributed by atoms with Gasteiger partial charge in [-0.3, -0.25) is 9.59 Å². The number of rotatable bonds is 5. The molecule has 0 spiro atoms. The maximum absolute atomic E-state index is 13.5. The van der Waals surface area contributed by atoms with Crippen molar-refractivity contribution in [3.63, 3.8) is 0 Å². The van der Waals surface area contributed by atoms with Gasteiger partial charge in [-0.1, -0.05) is 36.4 Å². The molecule has 0 saturated heterocycles. The molecule has 4 aromatic rings. The number of amides is 1. The van der Waals surface area contributed by atoms with Gasteiger partial charge in [0.05, 0.1) is 5.69 Å². The minimum absolute atomic E-state index is 0.165. The van der Waals surface area contributed by atoms with Crippen molar-refractivity contribution in [1.82, 2.24) is 9.97 Å². The molecule has 0 atom stereocenters. The van der Waals surface area contributed by atoms with Gasteiger partial charge in [0.1, 0.15) is 11.6 Å². The van der Waals surface area contributed by atoms with Crippen molar-refractivity contribution in [2.45, 2.75) is 25.7 Å². The van der Waals surface area contributed by atoms with Gasteiger partial charge in [-0.2, -0.15) is 0 Å². The SMILES string of the molecule is O=C(Nc1cc(-c2[nH]c3c(c2Cc2ccccc2)C(=O)CCC3)ccn1)c1cccc(F)c1. The summed E-state index contributed by atoms with van der Waals surface area (Å²) in [4.78, 5) is 33.1. The first-order chi connectivity index (χ1) is 16.1. The summed E-state index contributed by atoms with van der Waals surface area (Å²) in [6.07, 6.45) is 4.46. The summed E-state index contributed by atoms with van der Waals surface area (Å²) in [5, 5.41) is 2.74. The summed E-state index contributed by atoms with van der Waals surface area (Å²) in [6.45, 7) is 0. The Balaban J connectivity index is 1.51. The van der Waals surface area contributed by atoms with Gasteiger partial charge in [0, 0.05) is 41.4 Å². The van der Waals surface area contributed by atoms with Gasteiger partial charge < -0.3 is 10.3 Å². The van der Waals surface area contributed by atoms with E-state index in [9.17, 15) is 14.0 Å². The van der Waals surface area contributed by atoms with Crippen LogP contribution in [0.15, 0.2) is 72.9 Å². The third-order valence-electron chi connectivity index (χ3n) is 5.89. The van der Waals surface area contributed by atoms with Crippen molar-refractivity contribution in [2.75, 3.05) is 5.32 Å². The molecule has 0 fully saturated rings. The molecular weight excluding hydrogens is 417 g/mol. The highest BCUT2D eigenvalue weighted by Gasteiger charge is 2.26. The van der Waals surface area contributed by atoms with Gasteiger partial charge in [0.15, 0.2) is 5.78 Å². The smallest absolute Gasteiger partial charge is 0.256 e. The van der Waals surface area contributed by atoms with E-state index in [1.54, 1.807) is 18.3 Å². The number of aromatic amines is 1. The number of H-pyrrole nitrogens is 1. The van der Waals surface area contributed by atoms with Gasteiger partial charge >= 0.3 is 0 Å². The monoisotopic (exact) mass is 439 g/mol. The lowest BCUT2D eigenvalue weighted by Gasteiger charge is -2.12. The average Bonchev–Trinajstić information content (AvgIpc) is 3.19. The molecule has 0 radical (unpaired) electrons. The molecule has 164 valence electrons. The van der Waals surface area contributed by atoms with Crippen molar-refractivity contribution < 1.29 is 14.0 Å². The number of aryl methyl sites for hydroxylation is 1. The highest BCUT2D eigenvalue weighted by molar-refractivity contribution is 6.04. The quantitative estimate of drug-likeness (QED) is 0.426. The predicted octanol–water partition coefficient (Wildman–Crippen LogP) is 5.58. The first-order valence-electron chi connectivity index (χ1n) is 10.9. The number of aromatic nitrogens is 2. The number of hydrogen-bond donors (Lipinski definition) is 2. The Morgan fingerprint density at radius 3 is 2.70 bits per heavy atom. The van der Waals surface area contributed by atoms with Gasteiger partial charge in [-0.05, 0) is 54.3 Å². The van der Waals surface area contributed by atoms with E-state index in [1.807, 2.05) is 36.4 Å². The number of pyridine rings is 1. The fraction of sp³-hybridized carbons (Fsp3) is 0.148. The number of halogens is 1. The van der Waals surface area contributed by atoms with Crippen molar-refractivity contribution in [2.24, 2.45) is 0 Å². The van der Waals surface area contributed by atoms with Crippen LogP contribution in [0.3, 0.4) is 0 Å². The first-order valence-corrected chi connectivity index (χ1v) is 10.9. The van der Waals surface area contributed by atoms with Crippen LogP contribution in [0.5, 0.6) is 0 Å². The predicted molar refractivity (Wildman–Crippen MR) is 125 cm³/mol. The van der Waals surface area contributed by atoms with Crippen molar-refractivity contribution in [3.8, 4) is 11.3 Å². The molecule has 1 aliphatic rings. The van der Waals surface area contributed by atoms with E-state index in [0.29, 0.717) is 18.7 Å². The molecule has 5 rings (SSSR count). The van der Waals surface area contributed by atoms with Crippen LogP contribution in [-0.4, -0.2) is 21.7 Å². The third-order valence-corrected chi connectivity index (χ3v) is 5.89. The topological polar surface area (TPSA) is 74.8 Å². The van der Waals surface area contributed by atoms with Crippen LogP contribution in [0.1, 0.15) is 50.4 Å². The van der Waals surface area contributed by atoms with Crippen molar-refractivity contribution >= 4 is 17.5 Å². The van der Waals surface area contributed by atoms with Crippen LogP contribution in [0.4, 0.5) is 10.2 Å². The van der Waals surface area contributed by atoms with E-state index >= 15 is 0 Å². The number of anilines is 1. The molecule has 2 aromatic heterocycles. The summed E-state index contributed by atoms with van der Waals surface area (Å²) < 4.78 is 13.5. The molecule has 0 bridgehead atoms. The third kappa shape index (κ3) is 4.32. The molecule has 2 heterocycles. The molecule has 1 aliphatic carbocycles. The van der Waals surface area contributed by atoms with E-state index in [2.05, 4.69) is 15.3 Å². The Kier molecular flexibility index (Phi) is 5.57. The summed E-state index contributed by atoms with van der Waals surface area (Å²) in [7, 11) is 0. The van der Waals surface area contributed by atoms with Crippen LogP contribution in [0, 0.1) is 5.82 Å². The molecular formula is C27H22FN3O2. The second-order valence-corrected chi connectivity index (χ2v) is 8.17. The van der Waals surface area contributed by atoms with Crippen molar-refractivity contribution in [3.05, 3.63) is 107 Å². The van der Waals surface area contributed by atoms with Crippen LogP contribution in [0.25, 0.3) is 11.3 Å². The van der Waals surface area contributed by atoms with E-state index in [-0.39, 0.29) is 11.3 Å². The molecule has 5 nitrogen and oxygen atoms in total. The first kappa shape index (κ1) is 20.8. The van der Waals surface area contributed by atoms with Crippen LogP contribution in [-0.2, 0) is 12.8 Å². The van der Waals surface area contributed by atoms with Crippen LogP contribution in [0.2, 0.25) is 0 Å². The number of ketones is 1. The van der Waals surface area contributed by atoms with E-state index in [4.69, 9.17) is 0 Å². The van der Waals surface area contributed by atoms with Gasteiger partial charge in [-0.25, -0.2) is 9.37 Å². The highest BCUT2D eigenvalue weighted by Crippen LogP contribution is 2.35. The second-order valence-electron chi connectivity index (χ2n) is 8.17. The lowest BCUT2D eigenvalue weighted by molar-refractivity contribution is 0.0970. The van der Waals surface area contributed by atoms with Crippen molar-refractivity contribution in [1.29, 1.82) is 0 Å². The summed E-state index contributed by atoms with van der Waals surface area (Å²) in [6, 6.07) is 19.2. The van der Waals surface area contributed by atoms with Gasteiger partial charge in [-0.15, -0.1) is 0 Å². The minimum Gasteiger partial charge on any atom is -0.358 e. The molecule has 6 heteroatoms. The maximum Gasteiger partial charge on any atom is 0.256 e. The summed E-state index contributed by atoms with van der Waals surface area (Å²) >= 11 is 0. The summed E-state index contributed by atoms with van der Waals surface area (Å²) in [5.74, 6) is -0.397. The zero-order chi connectivity index (χ0) is 22.8. The van der Waals surface area contributed by atoms with E-state index in [0.717, 1.165) is 46.5 Å². The molecule has 1 amide bonds. The Bertz CT molecular complexity index is 1340. The fourth-order valence-electron chi connectivity index (χ4n) is 4.37. The molecule has 2 aromatic carbocycles. The number of carbonyl (C=O) groups excluding carboxylic acids is 2. The molecule has 33 heavy (non-hydrogen) atoms. The lowest BCUT2D eigenvalue weighted by atomic mass is 9.90. The minimum atomic E-state index is -0.475. The number of benzene rings is 2. The zero-order valence-corrected chi connectivity index (χ0v) is 17.9. The zero-order valence-electron chi connectivity index (χ0n) is 17.9. The van der Waals surface area contributed by atoms with Crippen LogP contribution < -0.4 is 5.32 Å². The van der Waals surface area contributed by atoms with Gasteiger partial charge in [0.25, 0.3) is 5.91 Å². The molecule has 2 N–H and O–H groups in total. The van der Waals surface area contributed by atoms with Crippen LogP contribution >= 0.6 is 0 Å². The number of carbonyl (C=O) groups is 2.